The van der Waals surface area contributed by atoms with Crippen LogP contribution in [0.2, 0.25) is 0 Å². The van der Waals surface area contributed by atoms with Crippen LogP contribution < -0.4 is 5.73 Å². The highest BCUT2D eigenvalue weighted by Crippen LogP contribution is 2.29. The predicted octanol–water partition coefficient (Wildman–Crippen LogP) is 2.56. The molecule has 0 aliphatic rings. The van der Waals surface area contributed by atoms with E-state index in [1.807, 2.05) is 6.92 Å². The van der Waals surface area contributed by atoms with E-state index in [2.05, 4.69) is 0 Å². The van der Waals surface area contributed by atoms with Gasteiger partial charge < -0.3 is 51.0 Å². The van der Waals surface area contributed by atoms with E-state index in [-0.39, 0.29) is 25.2 Å². The maximum Gasteiger partial charge on any atom is 0.307 e. The number of nitrogens with two attached hydrogens (primary N) is 1. The SMILES string of the molecule is [13CH3][13CH2][13CH2][13CH2][13C@H]([13CH3])[13C@@H](O[13C](=O)[13CH2][13C@@H]([13CH2][13C](=O)O)[13C](=O)O)[13C@H]([13CH2][13C@@H]([13CH3])[13CH2][13C@@H](O)[13CH2][13CH2][13CH2][13CH2][13C@H](O)[13CH2][13C@@H](O)[13C@H]([13CH3])N)O[13C](=O)[13CH2][13C@@H]([13CH2][13C](=O)O)[13C](=O)O. The van der Waals surface area contributed by atoms with Crippen LogP contribution in [0.5, 0.6) is 0 Å². The third-order valence-corrected chi connectivity index (χ3v) is 8.61. The number of rotatable bonds is 29. The molecule has 0 aromatic rings. The van der Waals surface area contributed by atoms with Gasteiger partial charge in [-0.15, -0.1) is 0 Å². The number of esters is 2. The Balaban J connectivity index is 5.98. The molecule has 0 aliphatic heterocycles. The average Bonchev–Trinajstić information content (AvgIpc) is 2.99. The van der Waals surface area contributed by atoms with Crippen molar-refractivity contribution in [2.24, 2.45) is 29.4 Å². The number of carbonyl (C=O) groups excluding carboxylic acids is 2. The molecule has 16 nitrogen and oxygen atoms in total. The van der Waals surface area contributed by atoms with Crippen LogP contribution in [0, 0.1) is 23.7 Å². The van der Waals surface area contributed by atoms with Gasteiger partial charge in [-0.3, -0.25) is 28.8 Å². The van der Waals surface area contributed by atoms with Crippen molar-refractivity contribution in [2.75, 3.05) is 0 Å². The topological polar surface area (TPSA) is 289 Å². The molecule has 50 heavy (non-hydrogen) atoms. The third kappa shape index (κ3) is 21.0. The number of carboxylic acid groups (broad SMARTS) is 4. The normalized spacial score (nSPS) is 17.5. The lowest BCUT2D eigenvalue weighted by atomic mass is 10.8. The highest BCUT2D eigenvalue weighted by atomic mass is 16.8. The lowest BCUT2D eigenvalue weighted by molar-refractivity contribution is -0.177. The summed E-state index contributed by atoms with van der Waals surface area (Å²) in [5.74, 6) is -12.0. The van der Waals surface area contributed by atoms with E-state index < -0.39 is 116 Å². The van der Waals surface area contributed by atoms with Gasteiger partial charge >= 0.3 is 35.8 Å². The third-order valence-electron chi connectivity index (χ3n) is 8.61. The highest BCUT2D eigenvalue weighted by Gasteiger charge is 2.37. The van der Waals surface area contributed by atoms with Gasteiger partial charge in [0, 0.05) is 12.5 Å². The second-order valence-electron chi connectivity index (χ2n) is 13.6. The Morgan fingerprint density at radius 3 is 1.50 bits per heavy atom. The summed E-state index contributed by atoms with van der Waals surface area (Å²) in [4.78, 5) is 71.6. The highest BCUT2D eigenvalue weighted by molar-refractivity contribution is 5.83. The lowest BCUT2D eigenvalue weighted by Crippen LogP contribution is -2.42. The predicted molar refractivity (Wildman–Crippen MR) is 178 cm³/mol. The number of aliphatic carboxylic acids is 4. The number of aliphatic hydroxyl groups is 3. The molecule has 0 aliphatic carbocycles. The molecule has 0 amide bonds. The molecule has 0 aromatic heterocycles. The number of carboxylic acids is 4. The summed E-state index contributed by atoms with van der Waals surface area (Å²) >= 11 is 0. The van der Waals surface area contributed by atoms with Crippen LogP contribution in [0.4, 0.5) is 0 Å². The fraction of sp³-hybridized carbons (Fsp3) is 0.824. The molecule has 0 bridgehead atoms. The fourth-order valence-corrected chi connectivity index (χ4v) is 5.68. The van der Waals surface area contributed by atoms with Crippen molar-refractivity contribution in [1.82, 2.24) is 0 Å². The number of carbonyl (C=O) groups is 6. The van der Waals surface area contributed by atoms with E-state index in [0.29, 0.717) is 38.5 Å². The zero-order valence-corrected chi connectivity index (χ0v) is 29.6. The van der Waals surface area contributed by atoms with Gasteiger partial charge in [0.15, 0.2) is 0 Å². The van der Waals surface area contributed by atoms with Gasteiger partial charge in [-0.1, -0.05) is 46.5 Å². The molecule has 9 N–H and O–H groups in total. The summed E-state index contributed by atoms with van der Waals surface area (Å²) in [6, 6.07) is -0.476. The zero-order chi connectivity index (χ0) is 38.6. The van der Waals surface area contributed by atoms with Crippen LogP contribution in [-0.2, 0) is 38.2 Å². The minimum atomic E-state index is -1.59. The first-order valence-electron chi connectivity index (χ1n) is 17.3. The average molecular weight is 756 g/mol. The van der Waals surface area contributed by atoms with E-state index in [0.717, 1.165) is 6.42 Å². The summed E-state index contributed by atoms with van der Waals surface area (Å²) in [5.41, 5.74) is 5.63. The molecule has 0 saturated heterocycles. The van der Waals surface area contributed by atoms with Gasteiger partial charge in [-0.25, -0.2) is 0 Å². The maximum absolute atomic E-state index is 13.0. The van der Waals surface area contributed by atoms with E-state index in [9.17, 15) is 54.3 Å². The molecule has 0 heterocycles. The van der Waals surface area contributed by atoms with Crippen LogP contribution in [0.15, 0.2) is 0 Å². The monoisotopic (exact) mass is 756 g/mol. The van der Waals surface area contributed by atoms with Crippen LogP contribution in [0.25, 0.3) is 0 Å². The summed E-state index contributed by atoms with van der Waals surface area (Å²) < 4.78 is 11.4. The largest absolute Gasteiger partial charge is 0.481 e. The summed E-state index contributed by atoms with van der Waals surface area (Å²) in [6.45, 7) is 7.06. The molecule has 290 valence electrons. The molecule has 10 atom stereocenters. The van der Waals surface area contributed by atoms with Crippen LogP contribution in [0.3, 0.4) is 0 Å². The van der Waals surface area contributed by atoms with Crippen molar-refractivity contribution < 1.29 is 74.0 Å². The molecule has 0 radical (unpaired) electrons. The Morgan fingerprint density at radius 1 is 0.620 bits per heavy atom. The molecular formula is C34H59NO15. The molecular weight excluding hydrogens is 696 g/mol. The number of hydrogen-bond acceptors (Lipinski definition) is 12. The summed E-state index contributed by atoms with van der Waals surface area (Å²) in [6.07, 6.45) is -3.74. The van der Waals surface area contributed by atoms with Crippen molar-refractivity contribution in [2.45, 2.75) is 154 Å². The van der Waals surface area contributed by atoms with Gasteiger partial charge in [-0.05, 0) is 50.9 Å². The van der Waals surface area contributed by atoms with Gasteiger partial charge in [0.05, 0.1) is 55.8 Å². The lowest BCUT2D eigenvalue weighted by Gasteiger charge is -2.33. The van der Waals surface area contributed by atoms with Crippen molar-refractivity contribution in [3.05, 3.63) is 0 Å². The number of aliphatic hydroxyl groups excluding tert-OH is 3. The molecule has 16 heteroatoms. The smallest absolute Gasteiger partial charge is 0.307 e. The van der Waals surface area contributed by atoms with Crippen molar-refractivity contribution in [3.63, 3.8) is 0 Å². The van der Waals surface area contributed by atoms with Crippen molar-refractivity contribution in [1.29, 1.82) is 0 Å². The number of hydrogen-bond donors (Lipinski definition) is 8. The Kier molecular flexibility index (Phi) is 23.1. The Hall–Kier alpha value is -3.34. The van der Waals surface area contributed by atoms with Gasteiger partial charge in [-0.2, -0.15) is 0 Å². The molecule has 0 rings (SSSR count). The summed E-state index contributed by atoms with van der Waals surface area (Å²) in [7, 11) is 0. The van der Waals surface area contributed by atoms with E-state index in [4.69, 9.17) is 25.4 Å². The Morgan fingerprint density at radius 2 is 1.08 bits per heavy atom. The van der Waals surface area contributed by atoms with Gasteiger partial charge in [0.25, 0.3) is 0 Å². The number of unbranched alkanes of at least 4 members (excludes halogenated alkanes) is 2. The maximum atomic E-state index is 13.0. The first kappa shape index (κ1) is 46.7. The van der Waals surface area contributed by atoms with E-state index in [1.54, 1.807) is 20.8 Å². The molecule has 0 aromatic carbocycles. The van der Waals surface area contributed by atoms with Crippen molar-refractivity contribution >= 4 is 35.8 Å². The molecule has 0 fully saturated rings. The summed E-state index contributed by atoms with van der Waals surface area (Å²) in [5, 5.41) is 67.8. The minimum Gasteiger partial charge on any atom is -0.481 e. The second kappa shape index (κ2) is 24.7. The first-order chi connectivity index (χ1) is 23.3. The number of ether oxygens (including phenoxy) is 2. The van der Waals surface area contributed by atoms with Crippen LogP contribution >= 0.6 is 0 Å². The standard InChI is InChI=1S/C34H59NO15/c1-5-6-9-20(3)32(50-31(44)17-23(34(47)48)15-29(41)42)27(49-30(43)16-22(33(45)46)14-28(39)40)13-19(2)12-24(36)10-7-8-11-25(37)18-26(38)21(4)35/h19-27,32,36-38H,5-18,35H2,1-4H3,(H,39,40)(H,41,42)(H,45,46)(H,47,48)/t19-,20-,21-,22+,23+,24-,25-,26+,27-,32+/m0/s1/i1+1,2+1,3+1,4+1,5+1,6+1,7+1,8+1,9+1,10+1,11+1,12+1,13+1,14+1,15+1,16+1,17+1,18+1,19+1,20+1,21+1,22+1,23+1,24+1,25+1,26+1,27+1,28+1,29+1,30+1,31+1,32+1,33+1,34+1. The van der Waals surface area contributed by atoms with Crippen LogP contribution in [0.1, 0.15) is 118 Å². The fourth-order valence-electron chi connectivity index (χ4n) is 5.68. The molecule has 0 unspecified atom stereocenters. The zero-order valence-electron chi connectivity index (χ0n) is 29.6. The Bertz CT molecular complexity index is 1070. The molecule has 0 spiro atoms. The van der Waals surface area contributed by atoms with Crippen molar-refractivity contribution in [3.8, 4) is 0 Å². The van der Waals surface area contributed by atoms with Gasteiger partial charge in [0.2, 0.25) is 0 Å². The first-order valence-corrected chi connectivity index (χ1v) is 17.3. The van der Waals surface area contributed by atoms with E-state index >= 15 is 0 Å². The second-order valence-corrected chi connectivity index (χ2v) is 13.6. The van der Waals surface area contributed by atoms with Gasteiger partial charge in [0.1, 0.15) is 12.2 Å². The minimum absolute atomic E-state index is 0.0270. The molecule has 0 saturated carbocycles. The van der Waals surface area contributed by atoms with Crippen LogP contribution in [-0.4, -0.2) is 108 Å². The Labute approximate surface area is 293 Å². The van der Waals surface area contributed by atoms with E-state index in [1.165, 1.54) is 0 Å². The quantitative estimate of drug-likeness (QED) is 0.0309.